The van der Waals surface area contributed by atoms with Crippen molar-refractivity contribution in [3.63, 3.8) is 0 Å². The van der Waals surface area contributed by atoms with E-state index in [0.29, 0.717) is 44.9 Å². The molecule has 3 aromatic carbocycles. The van der Waals surface area contributed by atoms with Crippen molar-refractivity contribution in [1.29, 1.82) is 0 Å². The molecule has 2 aromatic heterocycles. The number of fused-ring (bicyclic) bond motifs is 4. The molecule has 2 fully saturated rings. The van der Waals surface area contributed by atoms with Gasteiger partial charge in [-0.1, -0.05) is 65.7 Å². The highest BCUT2D eigenvalue weighted by atomic mass is 35.5. The first-order valence-corrected chi connectivity index (χ1v) is 17.2. The van der Waals surface area contributed by atoms with E-state index in [1.807, 2.05) is 0 Å². The highest BCUT2D eigenvalue weighted by Crippen LogP contribution is 2.63. The van der Waals surface area contributed by atoms with Crippen LogP contribution in [0, 0.1) is 5.92 Å². The van der Waals surface area contributed by atoms with E-state index in [4.69, 9.17) is 27.9 Å². The van der Waals surface area contributed by atoms with Crippen molar-refractivity contribution in [1.82, 2.24) is 23.9 Å². The van der Waals surface area contributed by atoms with Gasteiger partial charge in [-0.05, 0) is 54.0 Å². The van der Waals surface area contributed by atoms with Gasteiger partial charge in [0.05, 0.1) is 47.3 Å². The number of hydrazine groups is 1. The summed E-state index contributed by atoms with van der Waals surface area (Å²) in [6.07, 6.45) is -2.72. The molecule has 1 saturated heterocycles. The lowest BCUT2D eigenvalue weighted by atomic mass is 9.53. The number of phenolic OH excluding ortho intramolecular Hbond substituents is 1. The molecule has 276 valence electrons. The van der Waals surface area contributed by atoms with Crippen LogP contribution in [0.15, 0.2) is 106 Å². The lowest BCUT2D eigenvalue weighted by Gasteiger charge is -2.49. The standard InChI is InChI=1S/C37H27Cl2F3N6O6/c1-54-23-11-12-25(29(49)16-23)30-24-13-14-45-34(52)46(22-5-3-2-4-6-22)35(53)48(45)28(24)17-26-32(50)47(33(51)36(26,30)19-7-9-21(38)10-8-19)44-31-27(39)15-20(18-43-31)37(40,41)42/h2-13,15-16,18,26,28,30,49H,14,17H2,1H3,(H,43,44)/t26-,28+,30+,36+/m0/s1. The minimum absolute atomic E-state index is 0.0935. The van der Waals surface area contributed by atoms with Gasteiger partial charge in [0, 0.05) is 28.8 Å². The fourth-order valence-corrected chi connectivity index (χ4v) is 8.42. The molecule has 2 N–H and O–H groups in total. The molecule has 8 rings (SSSR count). The Balaban J connectivity index is 1.36. The third-order valence-electron chi connectivity index (χ3n) is 10.4. The minimum atomic E-state index is -4.77. The average molecular weight is 780 g/mol. The summed E-state index contributed by atoms with van der Waals surface area (Å²) in [4.78, 5) is 61.9. The highest BCUT2D eigenvalue weighted by Gasteiger charge is 2.69. The number of rotatable bonds is 6. The van der Waals surface area contributed by atoms with Gasteiger partial charge < -0.3 is 9.84 Å². The fraction of sp³-hybridized carbons (Fsp3) is 0.216. The molecule has 4 atom stereocenters. The molecule has 1 aliphatic carbocycles. The van der Waals surface area contributed by atoms with E-state index in [0.717, 1.165) is 4.57 Å². The van der Waals surface area contributed by atoms with E-state index >= 15 is 4.79 Å². The van der Waals surface area contributed by atoms with Crippen molar-refractivity contribution < 1.29 is 32.6 Å². The topological polar surface area (TPSA) is 141 Å². The summed E-state index contributed by atoms with van der Waals surface area (Å²) in [5.74, 6) is -4.51. The van der Waals surface area contributed by atoms with Crippen LogP contribution in [0.25, 0.3) is 5.69 Å². The van der Waals surface area contributed by atoms with Crippen molar-refractivity contribution in [2.24, 2.45) is 5.92 Å². The van der Waals surface area contributed by atoms with Gasteiger partial charge in [0.2, 0.25) is 0 Å². The molecule has 0 spiro atoms. The molecular formula is C37H27Cl2F3N6O6. The van der Waals surface area contributed by atoms with Gasteiger partial charge in [-0.25, -0.2) is 28.5 Å². The van der Waals surface area contributed by atoms with Crippen LogP contribution in [0.5, 0.6) is 11.5 Å². The van der Waals surface area contributed by atoms with E-state index in [1.165, 1.54) is 22.5 Å². The van der Waals surface area contributed by atoms with Crippen LogP contribution in [0.1, 0.15) is 35.1 Å². The number of alkyl halides is 3. The lowest BCUT2D eigenvalue weighted by molar-refractivity contribution is -0.139. The number of hydrogen-bond acceptors (Lipinski definition) is 8. The number of phenols is 1. The Bertz CT molecular complexity index is 2520. The number of nitrogens with zero attached hydrogens (tertiary/aromatic N) is 5. The predicted octanol–water partition coefficient (Wildman–Crippen LogP) is 5.85. The van der Waals surface area contributed by atoms with Crippen molar-refractivity contribution in [2.45, 2.75) is 36.5 Å². The molecule has 4 heterocycles. The fourth-order valence-electron chi connectivity index (χ4n) is 8.08. The maximum atomic E-state index is 15.2. The smallest absolute Gasteiger partial charge is 0.417 e. The quantitative estimate of drug-likeness (QED) is 0.162. The number of benzene rings is 3. The van der Waals surface area contributed by atoms with E-state index in [-0.39, 0.29) is 24.3 Å². The normalized spacial score (nSPS) is 22.0. The average Bonchev–Trinajstić information content (AvgIpc) is 3.53. The zero-order valence-corrected chi connectivity index (χ0v) is 29.4. The number of imide groups is 1. The van der Waals surface area contributed by atoms with Crippen LogP contribution in [0.2, 0.25) is 10.0 Å². The Labute approximate surface area is 313 Å². The number of carbonyl (C=O) groups is 2. The summed E-state index contributed by atoms with van der Waals surface area (Å²) in [7, 11) is 1.41. The molecular weight excluding hydrogens is 752 g/mol. The number of para-hydroxylation sites is 1. The van der Waals surface area contributed by atoms with Crippen molar-refractivity contribution in [2.75, 3.05) is 12.5 Å². The Morgan fingerprint density at radius 1 is 0.963 bits per heavy atom. The number of hydrogen-bond donors (Lipinski definition) is 2. The van der Waals surface area contributed by atoms with Crippen molar-refractivity contribution in [3.8, 4) is 17.2 Å². The first kappa shape index (κ1) is 35.2. The second kappa shape index (κ2) is 12.7. The first-order valence-electron chi connectivity index (χ1n) is 16.5. The molecule has 12 nitrogen and oxygen atoms in total. The third kappa shape index (κ3) is 5.16. The maximum Gasteiger partial charge on any atom is 0.417 e. The number of methoxy groups -OCH3 is 1. The second-order valence-electron chi connectivity index (χ2n) is 13.0. The third-order valence-corrected chi connectivity index (χ3v) is 10.9. The summed E-state index contributed by atoms with van der Waals surface area (Å²) in [5, 5.41) is 12.1. The monoisotopic (exact) mass is 778 g/mol. The van der Waals surface area contributed by atoms with Gasteiger partial charge in [-0.3, -0.25) is 15.0 Å². The molecule has 1 saturated carbocycles. The Kier molecular flexibility index (Phi) is 8.26. The molecule has 2 aliphatic heterocycles. The van der Waals surface area contributed by atoms with Crippen molar-refractivity contribution in [3.05, 3.63) is 144 Å². The first-order chi connectivity index (χ1) is 25.8. The highest BCUT2D eigenvalue weighted by molar-refractivity contribution is 6.33. The molecule has 0 bridgehead atoms. The van der Waals surface area contributed by atoms with Gasteiger partial charge in [-0.15, -0.1) is 0 Å². The SMILES string of the molecule is COc1ccc([C@H]2C3=CCn4c(=O)n(-c5ccccc5)c(=O)n4[C@@H]3C[C@H]3C(=O)N(Nc4ncc(C(F)(F)F)cc4Cl)C(=O)[C@@]23c2ccc(Cl)cc2)c(O)c1. The number of nitrogens with one attached hydrogen (secondary N) is 1. The predicted molar refractivity (Wildman–Crippen MR) is 190 cm³/mol. The summed E-state index contributed by atoms with van der Waals surface area (Å²) in [6, 6.07) is 18.7. The number of aromatic hydroxyl groups is 1. The van der Waals surface area contributed by atoms with E-state index in [9.17, 15) is 32.7 Å². The number of amides is 2. The molecule has 2 amide bonds. The Morgan fingerprint density at radius 2 is 1.69 bits per heavy atom. The number of carbonyl (C=O) groups excluding carboxylic acids is 2. The molecule has 0 radical (unpaired) electrons. The number of allylic oxidation sites excluding steroid dienone is 2. The Hall–Kier alpha value is -5.80. The molecule has 5 aromatic rings. The van der Waals surface area contributed by atoms with Gasteiger partial charge in [0.15, 0.2) is 5.82 Å². The van der Waals surface area contributed by atoms with Gasteiger partial charge in [0.25, 0.3) is 11.8 Å². The number of halogens is 5. The molecule has 0 unspecified atom stereocenters. The maximum absolute atomic E-state index is 15.2. The number of ether oxygens (including phenoxy) is 1. The summed E-state index contributed by atoms with van der Waals surface area (Å²) in [6.45, 7) is -0.0935. The van der Waals surface area contributed by atoms with Crippen LogP contribution in [0.4, 0.5) is 19.0 Å². The number of aromatic nitrogens is 4. The molecule has 54 heavy (non-hydrogen) atoms. The lowest BCUT2D eigenvalue weighted by Crippen LogP contribution is -2.53. The van der Waals surface area contributed by atoms with E-state index in [1.54, 1.807) is 72.8 Å². The van der Waals surface area contributed by atoms with Crippen LogP contribution < -0.4 is 21.5 Å². The number of anilines is 1. The van der Waals surface area contributed by atoms with Crippen LogP contribution in [-0.2, 0) is 27.7 Å². The number of pyridine rings is 1. The molecule has 3 aliphatic rings. The van der Waals surface area contributed by atoms with Crippen molar-refractivity contribution >= 4 is 40.8 Å². The van der Waals surface area contributed by atoms with Gasteiger partial charge >= 0.3 is 17.6 Å². The van der Waals surface area contributed by atoms with E-state index < -0.39 is 69.1 Å². The zero-order chi connectivity index (χ0) is 38.3. The zero-order valence-electron chi connectivity index (χ0n) is 27.9. The van der Waals surface area contributed by atoms with Crippen LogP contribution in [0.3, 0.4) is 0 Å². The minimum Gasteiger partial charge on any atom is -0.508 e. The Morgan fingerprint density at radius 3 is 2.33 bits per heavy atom. The molecule has 17 heteroatoms. The van der Waals surface area contributed by atoms with Gasteiger partial charge in [0.1, 0.15) is 11.5 Å². The van der Waals surface area contributed by atoms with Crippen LogP contribution >= 0.6 is 23.2 Å². The largest absolute Gasteiger partial charge is 0.508 e. The van der Waals surface area contributed by atoms with Crippen LogP contribution in [-0.4, -0.2) is 48.0 Å². The van der Waals surface area contributed by atoms with Gasteiger partial charge in [-0.2, -0.15) is 18.2 Å². The second-order valence-corrected chi connectivity index (χ2v) is 13.9. The summed E-state index contributed by atoms with van der Waals surface area (Å²) < 4.78 is 49.2. The summed E-state index contributed by atoms with van der Waals surface area (Å²) >= 11 is 12.5. The van der Waals surface area contributed by atoms with E-state index in [2.05, 4.69) is 10.4 Å². The summed E-state index contributed by atoms with van der Waals surface area (Å²) in [5.41, 5.74) is -0.436.